The Bertz CT molecular complexity index is 1450. The average molecular weight is 538 g/mol. The third-order valence-electron chi connectivity index (χ3n) is 5.35. The van der Waals surface area contributed by atoms with Crippen LogP contribution in [0.1, 0.15) is 12.0 Å². The number of aromatic nitrogens is 2. The summed E-state index contributed by atoms with van der Waals surface area (Å²) in [5.74, 6) is 0.0991. The van der Waals surface area contributed by atoms with Crippen molar-refractivity contribution in [2.24, 2.45) is 0 Å². The van der Waals surface area contributed by atoms with Gasteiger partial charge in [0.25, 0.3) is 0 Å². The molecular weight excluding hydrogens is 513 g/mol. The summed E-state index contributed by atoms with van der Waals surface area (Å²) in [7, 11) is 1.42. The van der Waals surface area contributed by atoms with Crippen LogP contribution in [-0.2, 0) is 20.9 Å². The third-order valence-corrected chi connectivity index (χ3v) is 5.64. The summed E-state index contributed by atoms with van der Waals surface area (Å²) >= 11 is 6.42. The highest BCUT2D eigenvalue weighted by molar-refractivity contribution is 6.32. The first-order valence-corrected chi connectivity index (χ1v) is 12.0. The first-order valence-electron chi connectivity index (χ1n) is 11.7. The molecule has 0 aliphatic rings. The number of ether oxygens (including phenoxy) is 2. The van der Waals surface area contributed by atoms with Crippen molar-refractivity contribution in [3.63, 3.8) is 0 Å². The van der Waals surface area contributed by atoms with E-state index in [4.69, 9.17) is 21.1 Å². The van der Waals surface area contributed by atoms with Gasteiger partial charge in [0.1, 0.15) is 36.9 Å². The average Bonchev–Trinajstić information content (AvgIpc) is 2.89. The highest BCUT2D eigenvalue weighted by Crippen LogP contribution is 2.31. The van der Waals surface area contributed by atoms with Crippen LogP contribution in [0.2, 0.25) is 5.02 Å². The van der Waals surface area contributed by atoms with Gasteiger partial charge in [-0.1, -0.05) is 23.7 Å². The summed E-state index contributed by atoms with van der Waals surface area (Å²) in [5.41, 5.74) is 2.58. The largest absolute Gasteiger partial charge is 0.487 e. The van der Waals surface area contributed by atoms with Crippen molar-refractivity contribution < 1.29 is 23.5 Å². The maximum Gasteiger partial charge on any atom is 0.245 e. The van der Waals surface area contributed by atoms with E-state index >= 15 is 0 Å². The minimum atomic E-state index is -0.331. The number of rotatable bonds is 11. The number of carbonyl (C=O) groups is 2. The first kappa shape index (κ1) is 26.8. The molecule has 2 amide bonds. The summed E-state index contributed by atoms with van der Waals surface area (Å²) in [6.45, 7) is 0.313. The molecule has 1 aromatic heterocycles. The Labute approximate surface area is 223 Å². The van der Waals surface area contributed by atoms with Crippen molar-refractivity contribution in [1.82, 2.24) is 15.3 Å². The number of hydrogen-bond donors (Lipinski definition) is 3. The van der Waals surface area contributed by atoms with Crippen molar-refractivity contribution in [3.05, 3.63) is 83.4 Å². The number of anilines is 3. The zero-order chi connectivity index (χ0) is 26.9. The smallest absolute Gasteiger partial charge is 0.245 e. The Morgan fingerprint density at radius 3 is 2.63 bits per heavy atom. The number of amides is 2. The van der Waals surface area contributed by atoms with Gasteiger partial charge in [0.2, 0.25) is 11.8 Å². The third kappa shape index (κ3) is 7.37. The van der Waals surface area contributed by atoms with Gasteiger partial charge in [0.05, 0.1) is 10.5 Å². The van der Waals surface area contributed by atoms with Crippen LogP contribution in [0.3, 0.4) is 0 Å². The second-order valence-electron chi connectivity index (χ2n) is 8.22. The molecule has 3 N–H and O–H groups in total. The van der Waals surface area contributed by atoms with E-state index in [2.05, 4.69) is 25.9 Å². The van der Waals surface area contributed by atoms with Gasteiger partial charge in [-0.15, -0.1) is 0 Å². The summed E-state index contributed by atoms with van der Waals surface area (Å²) in [6.07, 6.45) is 1.54. The van der Waals surface area contributed by atoms with Crippen LogP contribution in [0.25, 0.3) is 10.9 Å². The molecule has 0 aliphatic heterocycles. The van der Waals surface area contributed by atoms with Crippen LogP contribution in [0.15, 0.2) is 67.0 Å². The Balaban J connectivity index is 1.42. The van der Waals surface area contributed by atoms with Gasteiger partial charge in [-0.25, -0.2) is 14.4 Å². The topological polar surface area (TPSA) is 114 Å². The summed E-state index contributed by atoms with van der Waals surface area (Å²) in [4.78, 5) is 32.4. The molecule has 0 unspecified atom stereocenters. The molecule has 0 aliphatic carbocycles. The Morgan fingerprint density at radius 1 is 1.00 bits per heavy atom. The lowest BCUT2D eigenvalue weighted by molar-refractivity contribution is -0.124. The molecule has 11 heteroatoms. The molecule has 0 atom stereocenters. The summed E-state index contributed by atoms with van der Waals surface area (Å²) in [5, 5.41) is 9.69. The second kappa shape index (κ2) is 12.8. The van der Waals surface area contributed by atoms with Crippen LogP contribution >= 0.6 is 11.6 Å². The van der Waals surface area contributed by atoms with Crippen molar-refractivity contribution in [1.29, 1.82) is 0 Å². The van der Waals surface area contributed by atoms with Gasteiger partial charge < -0.3 is 25.4 Å². The molecule has 38 heavy (non-hydrogen) atoms. The van der Waals surface area contributed by atoms with Crippen molar-refractivity contribution in [2.45, 2.75) is 13.0 Å². The molecule has 0 spiro atoms. The van der Waals surface area contributed by atoms with Crippen molar-refractivity contribution in [2.75, 3.05) is 30.9 Å². The fraction of sp³-hybridized carbons (Fsp3) is 0.185. The summed E-state index contributed by atoms with van der Waals surface area (Å²) < 4.78 is 23.9. The zero-order valence-electron chi connectivity index (χ0n) is 20.5. The zero-order valence-corrected chi connectivity index (χ0v) is 21.2. The number of nitrogens with one attached hydrogen (secondary N) is 3. The van der Waals surface area contributed by atoms with E-state index in [1.807, 2.05) is 0 Å². The number of methoxy groups -OCH3 is 1. The van der Waals surface area contributed by atoms with Crippen molar-refractivity contribution in [3.8, 4) is 5.75 Å². The van der Waals surface area contributed by atoms with Gasteiger partial charge in [-0.05, 0) is 54.1 Å². The molecule has 0 fully saturated rings. The molecule has 4 aromatic rings. The van der Waals surface area contributed by atoms with Crippen LogP contribution in [0, 0.1) is 5.82 Å². The van der Waals surface area contributed by atoms with E-state index in [1.165, 1.54) is 25.6 Å². The van der Waals surface area contributed by atoms with Crippen molar-refractivity contribution >= 4 is 51.5 Å². The Kier molecular flexibility index (Phi) is 9.02. The molecule has 3 aromatic carbocycles. The SMILES string of the molecule is COCC(=O)NCCC(=O)Nc1ccc2ncnc(Nc3ccc(OCc4cccc(F)c4)c(Cl)c3)c2c1. The molecular formula is C27H25ClFN5O4. The van der Waals surface area contributed by atoms with E-state index in [1.54, 1.807) is 48.5 Å². The normalized spacial score (nSPS) is 10.7. The molecule has 196 valence electrons. The van der Waals surface area contributed by atoms with Gasteiger partial charge in [0, 0.05) is 36.8 Å². The monoisotopic (exact) mass is 537 g/mol. The van der Waals surface area contributed by atoms with Gasteiger partial charge in [0.15, 0.2) is 0 Å². The predicted octanol–water partition coefficient (Wildman–Crippen LogP) is 4.84. The number of fused-ring (bicyclic) bond motifs is 1. The molecule has 1 heterocycles. The van der Waals surface area contributed by atoms with E-state index in [0.29, 0.717) is 44.4 Å². The summed E-state index contributed by atoms with van der Waals surface area (Å²) in [6, 6.07) is 16.6. The molecule has 4 rings (SSSR count). The van der Waals surface area contributed by atoms with Gasteiger partial charge in [-0.2, -0.15) is 0 Å². The lowest BCUT2D eigenvalue weighted by Crippen LogP contribution is -2.30. The number of benzene rings is 3. The molecule has 0 radical (unpaired) electrons. The second-order valence-corrected chi connectivity index (χ2v) is 8.63. The number of hydrogen-bond acceptors (Lipinski definition) is 7. The quantitative estimate of drug-likeness (QED) is 0.251. The van der Waals surface area contributed by atoms with Gasteiger partial charge in [-0.3, -0.25) is 9.59 Å². The standard InChI is InChI=1S/C27H25ClFN5O4/c1-37-15-26(36)30-10-9-25(35)33-19-5-7-23-21(12-19)27(32-16-31-23)34-20-6-8-24(22(28)13-20)38-14-17-3-2-4-18(29)11-17/h2-8,11-13,16H,9-10,14-15H2,1H3,(H,30,36)(H,33,35)(H,31,32,34). The van der Waals surface area contributed by atoms with Crippen LogP contribution < -0.4 is 20.7 Å². The van der Waals surface area contributed by atoms with E-state index in [9.17, 15) is 14.0 Å². The number of nitrogens with zero attached hydrogens (tertiary/aromatic N) is 2. The Hall–Kier alpha value is -4.28. The first-order chi connectivity index (χ1) is 18.4. The maximum atomic E-state index is 13.4. The van der Waals surface area contributed by atoms with E-state index in [0.717, 1.165) is 0 Å². The number of halogens is 2. The molecule has 0 saturated heterocycles. The van der Waals surface area contributed by atoms with Gasteiger partial charge >= 0.3 is 0 Å². The fourth-order valence-corrected chi connectivity index (χ4v) is 3.81. The fourth-order valence-electron chi connectivity index (χ4n) is 3.58. The number of carbonyl (C=O) groups excluding carboxylic acids is 2. The minimum absolute atomic E-state index is 0.0576. The highest BCUT2D eigenvalue weighted by Gasteiger charge is 2.10. The highest BCUT2D eigenvalue weighted by atomic mass is 35.5. The molecule has 0 bridgehead atoms. The lowest BCUT2D eigenvalue weighted by Gasteiger charge is -2.13. The maximum absolute atomic E-state index is 13.4. The molecule has 0 saturated carbocycles. The predicted molar refractivity (Wildman–Crippen MR) is 143 cm³/mol. The van der Waals surface area contributed by atoms with E-state index < -0.39 is 0 Å². The lowest BCUT2D eigenvalue weighted by atomic mass is 10.2. The van der Waals surface area contributed by atoms with Crippen LogP contribution in [-0.4, -0.2) is 42.0 Å². The van der Waals surface area contributed by atoms with Crippen LogP contribution in [0.4, 0.5) is 21.6 Å². The van der Waals surface area contributed by atoms with Crippen LogP contribution in [0.5, 0.6) is 5.75 Å². The van der Waals surface area contributed by atoms with E-state index in [-0.39, 0.29) is 43.8 Å². The minimum Gasteiger partial charge on any atom is -0.487 e. The Morgan fingerprint density at radius 2 is 1.84 bits per heavy atom. The molecule has 9 nitrogen and oxygen atoms in total.